The van der Waals surface area contributed by atoms with Crippen LogP contribution >= 0.6 is 12.2 Å². The Labute approximate surface area is 120 Å². The Bertz CT molecular complexity index is 863. The van der Waals surface area contributed by atoms with E-state index < -0.39 is 0 Å². The maximum absolute atomic E-state index is 9.11. The van der Waals surface area contributed by atoms with Gasteiger partial charge < -0.3 is 9.55 Å². The number of hydrogen-bond donors (Lipinski definition) is 1. The van der Waals surface area contributed by atoms with E-state index in [2.05, 4.69) is 21.1 Å². The number of nitriles is 1. The van der Waals surface area contributed by atoms with Gasteiger partial charge in [-0.1, -0.05) is 6.07 Å². The molecule has 0 radical (unpaired) electrons. The molecule has 3 rings (SSSR count). The van der Waals surface area contributed by atoms with Crippen LogP contribution in [0.5, 0.6) is 0 Å². The molecule has 0 unspecified atom stereocenters. The number of H-pyrrole nitrogens is 1. The van der Waals surface area contributed by atoms with Crippen LogP contribution in [-0.2, 0) is 20.0 Å². The number of aryl methyl sites for hydroxylation is 3. The Morgan fingerprint density at radius 2 is 2.30 bits per heavy atom. The fourth-order valence-electron chi connectivity index (χ4n) is 2.21. The molecule has 0 amide bonds. The van der Waals surface area contributed by atoms with Gasteiger partial charge in [-0.2, -0.15) is 10.4 Å². The van der Waals surface area contributed by atoms with Gasteiger partial charge in [-0.15, -0.1) is 0 Å². The molecule has 100 valence electrons. The lowest BCUT2D eigenvalue weighted by atomic mass is 10.2. The third kappa shape index (κ3) is 2.10. The molecular weight excluding hydrogens is 272 g/mol. The Kier molecular flexibility index (Phi) is 3.08. The summed E-state index contributed by atoms with van der Waals surface area (Å²) in [5.41, 5.74) is 2.32. The van der Waals surface area contributed by atoms with Crippen molar-refractivity contribution in [1.82, 2.24) is 24.3 Å². The van der Waals surface area contributed by atoms with E-state index in [-0.39, 0.29) is 0 Å². The maximum atomic E-state index is 9.11. The first-order valence-corrected chi connectivity index (χ1v) is 6.56. The quantitative estimate of drug-likeness (QED) is 0.746. The summed E-state index contributed by atoms with van der Waals surface area (Å²) in [7, 11) is 1.84. The van der Waals surface area contributed by atoms with E-state index in [1.54, 1.807) is 17.1 Å². The van der Waals surface area contributed by atoms with E-state index in [4.69, 9.17) is 17.5 Å². The van der Waals surface area contributed by atoms with Gasteiger partial charge in [-0.25, -0.2) is 4.98 Å². The van der Waals surface area contributed by atoms with Gasteiger partial charge in [0.1, 0.15) is 12.4 Å². The lowest BCUT2D eigenvalue weighted by molar-refractivity contribution is 0.666. The van der Waals surface area contributed by atoms with Gasteiger partial charge in [-0.3, -0.25) is 4.68 Å². The predicted octanol–water partition coefficient (Wildman–Crippen LogP) is 1.94. The largest absolute Gasteiger partial charge is 0.329 e. The number of fused-ring (bicyclic) bond motifs is 1. The number of imidazole rings is 1. The van der Waals surface area contributed by atoms with Gasteiger partial charge in [0.05, 0.1) is 16.6 Å². The lowest BCUT2D eigenvalue weighted by Gasteiger charge is -2.02. The van der Waals surface area contributed by atoms with Crippen molar-refractivity contribution < 1.29 is 0 Å². The SMILES string of the molecule is Cn1cnc(CCn2c(=S)[nH]c3c(C#N)cccc32)n1. The molecule has 0 aliphatic rings. The lowest BCUT2D eigenvalue weighted by Crippen LogP contribution is -2.03. The van der Waals surface area contributed by atoms with Crippen LogP contribution in [0.2, 0.25) is 0 Å². The third-order valence-corrected chi connectivity index (χ3v) is 3.46. The van der Waals surface area contributed by atoms with Crippen LogP contribution in [0.3, 0.4) is 0 Å². The Morgan fingerprint density at radius 1 is 1.45 bits per heavy atom. The molecule has 0 atom stereocenters. The zero-order valence-electron chi connectivity index (χ0n) is 10.9. The fourth-order valence-corrected chi connectivity index (χ4v) is 2.50. The highest BCUT2D eigenvalue weighted by atomic mass is 32.1. The molecule has 3 aromatic rings. The molecule has 20 heavy (non-hydrogen) atoms. The summed E-state index contributed by atoms with van der Waals surface area (Å²) in [6.07, 6.45) is 2.37. The van der Waals surface area contributed by atoms with Crippen LogP contribution in [-0.4, -0.2) is 24.3 Å². The zero-order valence-corrected chi connectivity index (χ0v) is 11.7. The molecule has 0 spiro atoms. The Balaban J connectivity index is 1.98. The van der Waals surface area contributed by atoms with E-state index in [1.807, 2.05) is 23.7 Å². The first kappa shape index (κ1) is 12.6. The predicted molar refractivity (Wildman–Crippen MR) is 76.5 cm³/mol. The van der Waals surface area contributed by atoms with E-state index >= 15 is 0 Å². The molecular formula is C13H12N6S. The van der Waals surface area contributed by atoms with Crippen LogP contribution in [0.25, 0.3) is 11.0 Å². The number of aromatic amines is 1. The highest BCUT2D eigenvalue weighted by Gasteiger charge is 2.09. The average molecular weight is 284 g/mol. The molecule has 2 heterocycles. The molecule has 2 aromatic heterocycles. The standard InChI is InChI=1S/C13H12N6S/c1-18-8-15-11(17-18)5-6-19-10-4-2-3-9(7-14)12(10)16-13(19)20/h2-4,8H,5-6H2,1H3,(H,16,20). The van der Waals surface area contributed by atoms with E-state index in [1.165, 1.54) is 0 Å². The second-order valence-corrected chi connectivity index (χ2v) is 4.86. The van der Waals surface area contributed by atoms with Gasteiger partial charge in [-0.05, 0) is 24.4 Å². The number of benzene rings is 1. The molecule has 0 aliphatic carbocycles. The van der Waals surface area contributed by atoms with Crippen molar-refractivity contribution in [1.29, 1.82) is 5.26 Å². The number of aromatic nitrogens is 5. The minimum atomic E-state index is 0.600. The average Bonchev–Trinajstić information content (AvgIpc) is 2.99. The summed E-state index contributed by atoms with van der Waals surface area (Å²) in [6.45, 7) is 0.678. The topological polar surface area (TPSA) is 75.2 Å². The van der Waals surface area contributed by atoms with E-state index in [0.29, 0.717) is 23.3 Å². The highest BCUT2D eigenvalue weighted by Crippen LogP contribution is 2.18. The monoisotopic (exact) mass is 284 g/mol. The van der Waals surface area contributed by atoms with Crippen molar-refractivity contribution in [2.45, 2.75) is 13.0 Å². The molecule has 6 nitrogen and oxygen atoms in total. The summed E-state index contributed by atoms with van der Waals surface area (Å²) >= 11 is 5.33. The van der Waals surface area contributed by atoms with E-state index in [0.717, 1.165) is 16.9 Å². The Morgan fingerprint density at radius 3 is 3.00 bits per heavy atom. The van der Waals surface area contributed by atoms with Crippen LogP contribution in [0.1, 0.15) is 11.4 Å². The molecule has 0 bridgehead atoms. The van der Waals surface area contributed by atoms with Gasteiger partial charge in [0.15, 0.2) is 10.6 Å². The minimum Gasteiger partial charge on any atom is -0.329 e. The minimum absolute atomic E-state index is 0.600. The summed E-state index contributed by atoms with van der Waals surface area (Å²) in [5, 5.41) is 13.4. The maximum Gasteiger partial charge on any atom is 0.178 e. The summed E-state index contributed by atoms with van der Waals surface area (Å²) < 4.78 is 4.26. The highest BCUT2D eigenvalue weighted by molar-refractivity contribution is 7.71. The molecule has 0 aliphatic heterocycles. The first-order valence-electron chi connectivity index (χ1n) is 6.15. The summed E-state index contributed by atoms with van der Waals surface area (Å²) in [5.74, 6) is 0.778. The smallest absolute Gasteiger partial charge is 0.178 e. The van der Waals surface area contributed by atoms with Gasteiger partial charge in [0.2, 0.25) is 0 Å². The number of hydrogen-bond acceptors (Lipinski definition) is 4. The fraction of sp³-hybridized carbons (Fsp3) is 0.231. The van der Waals surface area contributed by atoms with Crippen LogP contribution in [0, 0.1) is 16.1 Å². The molecule has 0 saturated carbocycles. The van der Waals surface area contributed by atoms with Crippen molar-refractivity contribution in [3.8, 4) is 6.07 Å². The summed E-state index contributed by atoms with van der Waals surface area (Å²) in [4.78, 5) is 7.30. The van der Waals surface area contributed by atoms with Crippen molar-refractivity contribution >= 4 is 23.3 Å². The third-order valence-electron chi connectivity index (χ3n) is 3.14. The number of para-hydroxylation sites is 1. The molecule has 1 aromatic carbocycles. The van der Waals surface area contributed by atoms with E-state index in [9.17, 15) is 0 Å². The number of nitrogens with one attached hydrogen (secondary N) is 1. The first-order chi connectivity index (χ1) is 9.69. The molecule has 0 saturated heterocycles. The van der Waals surface area contributed by atoms with Crippen molar-refractivity contribution in [2.75, 3.05) is 0 Å². The van der Waals surface area contributed by atoms with Crippen LogP contribution in [0.15, 0.2) is 24.5 Å². The molecule has 1 N–H and O–H groups in total. The summed E-state index contributed by atoms with van der Waals surface area (Å²) in [6, 6.07) is 7.76. The van der Waals surface area contributed by atoms with Crippen LogP contribution in [0.4, 0.5) is 0 Å². The van der Waals surface area contributed by atoms with Gasteiger partial charge in [0.25, 0.3) is 0 Å². The van der Waals surface area contributed by atoms with Gasteiger partial charge in [0, 0.05) is 20.0 Å². The second kappa shape index (κ2) is 4.90. The number of nitrogens with zero attached hydrogens (tertiary/aromatic N) is 5. The van der Waals surface area contributed by atoms with Gasteiger partial charge >= 0.3 is 0 Å². The second-order valence-electron chi connectivity index (χ2n) is 4.48. The molecule has 7 heteroatoms. The van der Waals surface area contributed by atoms with Crippen LogP contribution < -0.4 is 0 Å². The normalized spacial score (nSPS) is 10.8. The van der Waals surface area contributed by atoms with Crippen molar-refractivity contribution in [2.24, 2.45) is 7.05 Å². The van der Waals surface area contributed by atoms with Crippen molar-refractivity contribution in [3.63, 3.8) is 0 Å². The zero-order chi connectivity index (χ0) is 14.1. The Hall–Kier alpha value is -2.46. The number of rotatable bonds is 3. The van der Waals surface area contributed by atoms with Crippen molar-refractivity contribution in [3.05, 3.63) is 40.7 Å². The molecule has 0 fully saturated rings.